The Morgan fingerprint density at radius 2 is 1.57 bits per heavy atom. The van der Waals surface area contributed by atoms with Crippen LogP contribution in [0.15, 0.2) is 48.5 Å². The zero-order valence-electron chi connectivity index (χ0n) is 16.0. The first kappa shape index (κ1) is 21.8. The van der Waals surface area contributed by atoms with Crippen LogP contribution < -0.4 is 16.2 Å². The molecule has 0 radical (unpaired) electrons. The third-order valence-corrected chi connectivity index (χ3v) is 5.03. The van der Waals surface area contributed by atoms with Crippen LogP contribution in [0.4, 0.5) is 5.69 Å². The molecule has 0 heterocycles. The minimum atomic E-state index is -3.11. The lowest BCUT2D eigenvalue weighted by Crippen LogP contribution is -2.43. The number of thiocarbonyl (C=S) groups is 1. The first-order valence-corrected chi connectivity index (χ1v) is 11.5. The quantitative estimate of drug-likeness (QED) is 0.472. The molecule has 0 atom stereocenters. The first-order valence-electron chi connectivity index (χ1n) is 9.00. The zero-order chi connectivity index (χ0) is 20.6. The molecule has 2 aromatic carbocycles. The van der Waals surface area contributed by atoms with Gasteiger partial charge in [-0.25, -0.2) is 8.42 Å². The Bertz CT molecular complexity index is 909. The summed E-state index contributed by atoms with van der Waals surface area (Å²) in [7, 11) is -3.11. The molecule has 8 heteroatoms. The van der Waals surface area contributed by atoms with E-state index in [1.165, 1.54) is 11.8 Å². The average molecular weight is 420 g/mol. The van der Waals surface area contributed by atoms with E-state index in [1.54, 1.807) is 24.3 Å². The minimum absolute atomic E-state index is 0.0572. The molecule has 2 aromatic rings. The maximum absolute atomic E-state index is 12.2. The van der Waals surface area contributed by atoms with Gasteiger partial charge in [0, 0.05) is 17.5 Å². The van der Waals surface area contributed by atoms with Gasteiger partial charge < -0.3 is 5.32 Å². The molecule has 1 amide bonds. The molecule has 0 aromatic heterocycles. The molecule has 0 aliphatic carbocycles. The molecule has 0 aliphatic heterocycles. The van der Waals surface area contributed by atoms with Crippen LogP contribution in [-0.2, 0) is 22.0 Å². The van der Waals surface area contributed by atoms with Gasteiger partial charge in [0.2, 0.25) is 0 Å². The van der Waals surface area contributed by atoms with Crippen LogP contribution in [0.3, 0.4) is 0 Å². The van der Waals surface area contributed by atoms with Crippen molar-refractivity contribution in [2.45, 2.75) is 31.9 Å². The number of sulfone groups is 1. The van der Waals surface area contributed by atoms with E-state index in [0.29, 0.717) is 11.1 Å². The summed E-state index contributed by atoms with van der Waals surface area (Å²) in [5.41, 5.74) is 8.31. The number of anilines is 1. The van der Waals surface area contributed by atoms with Gasteiger partial charge in [0.1, 0.15) is 0 Å². The lowest BCUT2D eigenvalue weighted by atomic mass is 10.1. The third-order valence-electron chi connectivity index (χ3n) is 3.97. The zero-order valence-corrected chi connectivity index (χ0v) is 17.6. The minimum Gasteiger partial charge on any atom is -0.331 e. The van der Waals surface area contributed by atoms with Crippen LogP contribution in [0.1, 0.15) is 41.3 Å². The Morgan fingerprint density at radius 3 is 2.14 bits per heavy atom. The fraction of sp³-hybridized carbons (Fsp3) is 0.300. The molecule has 0 aliphatic rings. The van der Waals surface area contributed by atoms with Crippen molar-refractivity contribution in [2.75, 3.05) is 11.6 Å². The number of nitrogens with one attached hydrogen (secondary N) is 3. The number of carbonyl (C=O) groups excluding carboxylic acids is 1. The summed E-state index contributed by atoms with van der Waals surface area (Å²) in [6, 6.07) is 14.4. The highest BCUT2D eigenvalue weighted by Gasteiger charge is 2.08. The summed E-state index contributed by atoms with van der Waals surface area (Å²) in [4.78, 5) is 12.2. The van der Waals surface area contributed by atoms with Crippen LogP contribution in [0.25, 0.3) is 0 Å². The number of amides is 1. The van der Waals surface area contributed by atoms with Crippen LogP contribution in [0.5, 0.6) is 0 Å². The Labute approximate surface area is 171 Å². The van der Waals surface area contributed by atoms with Gasteiger partial charge in [-0.1, -0.05) is 37.6 Å². The van der Waals surface area contributed by atoms with Gasteiger partial charge >= 0.3 is 0 Å². The van der Waals surface area contributed by atoms with Gasteiger partial charge in [0.25, 0.3) is 5.91 Å². The number of hydrogen-bond acceptors (Lipinski definition) is 4. The highest BCUT2D eigenvalue weighted by atomic mass is 32.2. The number of hydrazine groups is 1. The van der Waals surface area contributed by atoms with Crippen LogP contribution in [-0.4, -0.2) is 25.7 Å². The molecular weight excluding hydrogens is 394 g/mol. The van der Waals surface area contributed by atoms with Gasteiger partial charge in [0.05, 0.1) is 5.75 Å². The van der Waals surface area contributed by atoms with Crippen LogP contribution in [0, 0.1) is 0 Å². The van der Waals surface area contributed by atoms with Crippen molar-refractivity contribution in [1.29, 1.82) is 0 Å². The number of aryl methyl sites for hydroxylation is 1. The highest BCUT2D eigenvalue weighted by Crippen LogP contribution is 2.12. The van der Waals surface area contributed by atoms with Crippen molar-refractivity contribution < 1.29 is 13.2 Å². The van der Waals surface area contributed by atoms with E-state index in [2.05, 4.69) is 35.2 Å². The summed E-state index contributed by atoms with van der Waals surface area (Å²) in [5, 5.41) is 3.27. The SMILES string of the molecule is CCCCc1ccc(NC(=S)NNC(=O)c2ccc(CS(C)(=O)=O)cc2)cc1. The first-order chi connectivity index (χ1) is 13.3. The van der Waals surface area contributed by atoms with E-state index in [-0.39, 0.29) is 16.8 Å². The maximum atomic E-state index is 12.2. The summed E-state index contributed by atoms with van der Waals surface area (Å²) < 4.78 is 22.6. The molecule has 0 saturated carbocycles. The van der Waals surface area contributed by atoms with E-state index in [0.717, 1.165) is 24.9 Å². The van der Waals surface area contributed by atoms with Gasteiger partial charge in [-0.3, -0.25) is 15.6 Å². The molecule has 3 N–H and O–H groups in total. The molecule has 2 rings (SSSR count). The largest absolute Gasteiger partial charge is 0.331 e. The smallest absolute Gasteiger partial charge is 0.269 e. The van der Waals surface area contributed by atoms with Gasteiger partial charge in [-0.15, -0.1) is 0 Å². The summed E-state index contributed by atoms with van der Waals surface area (Å²) >= 11 is 5.18. The fourth-order valence-electron chi connectivity index (χ4n) is 2.54. The molecule has 28 heavy (non-hydrogen) atoms. The van der Waals surface area contributed by atoms with Crippen molar-refractivity contribution >= 4 is 38.8 Å². The monoisotopic (exact) mass is 419 g/mol. The highest BCUT2D eigenvalue weighted by molar-refractivity contribution is 7.89. The second kappa shape index (κ2) is 10.2. The van der Waals surface area contributed by atoms with Crippen LogP contribution >= 0.6 is 12.2 Å². The average Bonchev–Trinajstić information content (AvgIpc) is 2.65. The van der Waals surface area contributed by atoms with Crippen molar-refractivity contribution in [3.05, 3.63) is 65.2 Å². The van der Waals surface area contributed by atoms with Gasteiger partial charge in [-0.2, -0.15) is 0 Å². The van der Waals surface area contributed by atoms with Crippen molar-refractivity contribution in [1.82, 2.24) is 10.9 Å². The number of unbranched alkanes of at least 4 members (excludes halogenated alkanes) is 1. The molecule has 0 unspecified atom stereocenters. The molecule has 0 saturated heterocycles. The number of carbonyl (C=O) groups is 1. The molecule has 6 nitrogen and oxygen atoms in total. The second-order valence-electron chi connectivity index (χ2n) is 6.60. The normalized spacial score (nSPS) is 10.9. The van der Waals surface area contributed by atoms with E-state index in [9.17, 15) is 13.2 Å². The van der Waals surface area contributed by atoms with Crippen molar-refractivity contribution in [3.63, 3.8) is 0 Å². The van der Waals surface area contributed by atoms with E-state index >= 15 is 0 Å². The van der Waals surface area contributed by atoms with Gasteiger partial charge in [0.15, 0.2) is 14.9 Å². The molecule has 0 spiro atoms. The molecule has 150 valence electrons. The Balaban J connectivity index is 1.82. The van der Waals surface area contributed by atoms with Gasteiger partial charge in [-0.05, 0) is 60.5 Å². The summed E-state index contributed by atoms with van der Waals surface area (Å²) in [6.07, 6.45) is 4.55. The molecule has 0 fully saturated rings. The van der Waals surface area contributed by atoms with E-state index < -0.39 is 9.84 Å². The molecular formula is C20H25N3O3S2. The Morgan fingerprint density at radius 1 is 0.964 bits per heavy atom. The predicted octanol–water partition coefficient (Wildman–Crippen LogP) is 3.21. The Kier molecular flexibility index (Phi) is 7.95. The lowest BCUT2D eigenvalue weighted by molar-refractivity contribution is 0.0944. The number of hydrogen-bond donors (Lipinski definition) is 3. The van der Waals surface area contributed by atoms with E-state index in [1.807, 2.05) is 12.1 Å². The van der Waals surface area contributed by atoms with E-state index in [4.69, 9.17) is 12.2 Å². The maximum Gasteiger partial charge on any atom is 0.269 e. The second-order valence-corrected chi connectivity index (χ2v) is 9.15. The van der Waals surface area contributed by atoms with Crippen molar-refractivity contribution in [2.24, 2.45) is 0 Å². The predicted molar refractivity (Wildman–Crippen MR) is 117 cm³/mol. The third kappa shape index (κ3) is 7.66. The van der Waals surface area contributed by atoms with Crippen molar-refractivity contribution in [3.8, 4) is 0 Å². The topological polar surface area (TPSA) is 87.3 Å². The number of benzene rings is 2. The van der Waals surface area contributed by atoms with Crippen LogP contribution in [0.2, 0.25) is 0 Å². The summed E-state index contributed by atoms with van der Waals surface area (Å²) in [6.45, 7) is 2.16. The Hall–Kier alpha value is -2.45. The number of rotatable bonds is 7. The fourth-order valence-corrected chi connectivity index (χ4v) is 3.51. The molecule has 0 bridgehead atoms. The summed E-state index contributed by atoms with van der Waals surface area (Å²) in [5.74, 6) is -0.428. The standard InChI is InChI=1S/C20H25N3O3S2/c1-3-4-5-15-8-12-18(13-9-15)21-20(27)23-22-19(24)17-10-6-16(7-11-17)14-28(2,25)26/h6-13H,3-5,14H2,1-2H3,(H,22,24)(H2,21,23,27). The lowest BCUT2D eigenvalue weighted by Gasteiger charge is -2.12.